The number of nitrogens with two attached hydrogens (primary N) is 1. The van der Waals surface area contributed by atoms with Gasteiger partial charge in [-0.25, -0.2) is 4.98 Å². The summed E-state index contributed by atoms with van der Waals surface area (Å²) in [6.45, 7) is -0.292. The quantitative estimate of drug-likeness (QED) is 0.530. The Morgan fingerprint density at radius 2 is 1.83 bits per heavy atom. The van der Waals surface area contributed by atoms with Crippen LogP contribution in [0.1, 0.15) is 17.8 Å². The summed E-state index contributed by atoms with van der Waals surface area (Å²) in [6, 6.07) is 6.53. The standard InChI is InChI=1S/C24H23F3N6O3/c1-35-18-9-8-15(10-19(18)36-2)11-21-30-23(28)31-33(21)20-12-22(34)32(14-29-20)13-16-6-4-3-5-7-17(16)24(25,26)27/h4-10,12,14H,3,11,13H2,1-2H3,(H2,28,31). The molecule has 0 saturated carbocycles. The molecule has 36 heavy (non-hydrogen) atoms. The van der Waals surface area contributed by atoms with Crippen LogP contribution in [-0.2, 0) is 13.0 Å². The van der Waals surface area contributed by atoms with Crippen molar-refractivity contribution in [1.29, 1.82) is 0 Å². The van der Waals surface area contributed by atoms with Gasteiger partial charge < -0.3 is 15.2 Å². The van der Waals surface area contributed by atoms with Gasteiger partial charge in [0.25, 0.3) is 5.56 Å². The monoisotopic (exact) mass is 500 g/mol. The topological polar surface area (TPSA) is 110 Å². The molecule has 1 aliphatic rings. The largest absolute Gasteiger partial charge is 0.493 e. The summed E-state index contributed by atoms with van der Waals surface area (Å²) in [5, 5.41) is 4.13. The predicted octanol–water partition coefficient (Wildman–Crippen LogP) is 3.39. The molecule has 0 saturated heterocycles. The van der Waals surface area contributed by atoms with Crippen LogP contribution in [0.2, 0.25) is 0 Å². The Bertz CT molecular complexity index is 1420. The molecule has 2 aromatic heterocycles. The second-order valence-electron chi connectivity index (χ2n) is 7.85. The molecule has 0 amide bonds. The van der Waals surface area contributed by atoms with Crippen LogP contribution in [0.3, 0.4) is 0 Å². The lowest BCUT2D eigenvalue weighted by molar-refractivity contribution is -0.0889. The third-order valence-electron chi connectivity index (χ3n) is 5.45. The molecule has 3 aromatic rings. The zero-order chi connectivity index (χ0) is 25.9. The van der Waals surface area contributed by atoms with Gasteiger partial charge in [0, 0.05) is 12.5 Å². The smallest absolute Gasteiger partial charge is 0.416 e. The highest BCUT2D eigenvalue weighted by Crippen LogP contribution is 2.32. The SMILES string of the molecule is COc1ccc(Cc2nc(N)nn2-c2cc(=O)n(CC3=C(C(F)(F)F)C=CCC=C3)cn2)cc1OC. The van der Waals surface area contributed by atoms with E-state index in [4.69, 9.17) is 15.2 Å². The van der Waals surface area contributed by atoms with Gasteiger partial charge in [0.1, 0.15) is 12.2 Å². The Hall–Kier alpha value is -4.35. The lowest BCUT2D eigenvalue weighted by atomic mass is 10.1. The molecule has 0 atom stereocenters. The van der Waals surface area contributed by atoms with Crippen LogP contribution in [-0.4, -0.2) is 44.7 Å². The minimum Gasteiger partial charge on any atom is -0.493 e. The first kappa shape index (κ1) is 24.8. The van der Waals surface area contributed by atoms with Gasteiger partial charge in [-0.05, 0) is 29.7 Å². The maximum absolute atomic E-state index is 13.5. The van der Waals surface area contributed by atoms with Crippen molar-refractivity contribution in [3.63, 3.8) is 0 Å². The second-order valence-corrected chi connectivity index (χ2v) is 7.85. The number of alkyl halides is 3. The Balaban J connectivity index is 1.65. The number of halogens is 3. The van der Waals surface area contributed by atoms with Crippen LogP contribution in [0.25, 0.3) is 5.82 Å². The van der Waals surface area contributed by atoms with Crippen molar-refractivity contribution in [2.45, 2.75) is 25.6 Å². The summed E-state index contributed by atoms with van der Waals surface area (Å²) < 4.78 is 53.5. The number of rotatable bonds is 7. The highest BCUT2D eigenvalue weighted by molar-refractivity contribution is 5.44. The molecule has 1 aliphatic carbocycles. The highest BCUT2D eigenvalue weighted by atomic mass is 19.4. The Kier molecular flexibility index (Phi) is 6.95. The molecule has 4 rings (SSSR count). The van der Waals surface area contributed by atoms with Crippen LogP contribution in [0.5, 0.6) is 11.5 Å². The molecule has 9 nitrogen and oxygen atoms in total. The number of nitrogens with zero attached hydrogens (tertiary/aromatic N) is 5. The molecule has 0 fully saturated rings. The number of aromatic nitrogens is 5. The lowest BCUT2D eigenvalue weighted by Gasteiger charge is -2.14. The first-order chi connectivity index (χ1) is 17.2. The fourth-order valence-corrected chi connectivity index (χ4v) is 3.75. The Morgan fingerprint density at radius 3 is 2.53 bits per heavy atom. The van der Waals surface area contributed by atoms with Crippen LogP contribution >= 0.6 is 0 Å². The Labute approximate surface area is 204 Å². The fraction of sp³-hybridized carbons (Fsp3) is 0.250. The van der Waals surface area contributed by atoms with Crippen molar-refractivity contribution in [1.82, 2.24) is 24.3 Å². The van der Waals surface area contributed by atoms with Crippen LogP contribution in [0.15, 0.2) is 70.8 Å². The van der Waals surface area contributed by atoms with Gasteiger partial charge in [-0.15, -0.1) is 5.10 Å². The molecule has 0 radical (unpaired) electrons. The van der Waals surface area contributed by atoms with Crippen molar-refractivity contribution < 1.29 is 22.6 Å². The summed E-state index contributed by atoms with van der Waals surface area (Å²) in [4.78, 5) is 21.3. The Morgan fingerprint density at radius 1 is 1.08 bits per heavy atom. The average Bonchev–Trinajstić information content (AvgIpc) is 3.03. The maximum atomic E-state index is 13.5. The summed E-state index contributed by atoms with van der Waals surface area (Å²) in [6.07, 6.45) is 2.72. The van der Waals surface area contributed by atoms with Crippen LogP contribution in [0, 0.1) is 0 Å². The number of hydrogen-bond donors (Lipinski definition) is 1. The average molecular weight is 500 g/mol. The fourth-order valence-electron chi connectivity index (χ4n) is 3.75. The van der Waals surface area contributed by atoms with Crippen molar-refractivity contribution in [3.05, 3.63) is 87.8 Å². The van der Waals surface area contributed by atoms with Crippen molar-refractivity contribution in [2.75, 3.05) is 20.0 Å². The third kappa shape index (κ3) is 5.32. The van der Waals surface area contributed by atoms with Gasteiger partial charge in [-0.3, -0.25) is 9.36 Å². The number of benzene rings is 1. The van der Waals surface area contributed by atoms with Gasteiger partial charge in [0.2, 0.25) is 5.95 Å². The minimum atomic E-state index is -4.55. The van der Waals surface area contributed by atoms with E-state index in [-0.39, 0.29) is 30.3 Å². The van der Waals surface area contributed by atoms with E-state index in [9.17, 15) is 18.0 Å². The molecular weight excluding hydrogens is 477 g/mol. The van der Waals surface area contributed by atoms with E-state index in [1.54, 1.807) is 18.2 Å². The molecule has 12 heteroatoms. The van der Waals surface area contributed by atoms with Crippen LogP contribution in [0.4, 0.5) is 19.1 Å². The molecule has 1 aromatic carbocycles. The predicted molar refractivity (Wildman–Crippen MR) is 126 cm³/mol. The summed E-state index contributed by atoms with van der Waals surface area (Å²) in [5.74, 6) is 1.62. The summed E-state index contributed by atoms with van der Waals surface area (Å²) >= 11 is 0. The first-order valence-corrected chi connectivity index (χ1v) is 10.8. The highest BCUT2D eigenvalue weighted by Gasteiger charge is 2.34. The number of ether oxygens (including phenoxy) is 2. The van der Waals surface area contributed by atoms with Crippen molar-refractivity contribution >= 4 is 5.95 Å². The zero-order valence-corrected chi connectivity index (χ0v) is 19.5. The number of methoxy groups -OCH3 is 2. The summed E-state index contributed by atoms with van der Waals surface area (Å²) in [5.41, 5.74) is 5.24. The van der Waals surface area contributed by atoms with E-state index in [1.165, 1.54) is 43.4 Å². The van der Waals surface area contributed by atoms with E-state index in [1.807, 2.05) is 6.07 Å². The maximum Gasteiger partial charge on any atom is 0.416 e. The van der Waals surface area contributed by atoms with Crippen LogP contribution < -0.4 is 20.8 Å². The molecule has 0 spiro atoms. The molecular formula is C24H23F3N6O3. The normalized spacial score (nSPS) is 13.7. The number of allylic oxidation sites excluding steroid dienone is 6. The zero-order valence-electron chi connectivity index (χ0n) is 19.5. The summed E-state index contributed by atoms with van der Waals surface area (Å²) in [7, 11) is 3.06. The molecule has 2 heterocycles. The van der Waals surface area contributed by atoms with E-state index in [0.29, 0.717) is 23.7 Å². The molecule has 2 N–H and O–H groups in total. The van der Waals surface area contributed by atoms with Gasteiger partial charge in [-0.2, -0.15) is 22.8 Å². The molecule has 0 unspecified atom stereocenters. The van der Waals surface area contributed by atoms with Crippen molar-refractivity contribution in [2.24, 2.45) is 0 Å². The van der Waals surface area contributed by atoms with Gasteiger partial charge >= 0.3 is 6.18 Å². The van der Waals surface area contributed by atoms with E-state index in [0.717, 1.165) is 16.2 Å². The third-order valence-corrected chi connectivity index (χ3v) is 5.45. The minimum absolute atomic E-state index is 0.0215. The van der Waals surface area contributed by atoms with Gasteiger partial charge in [0.05, 0.1) is 26.3 Å². The number of hydrogen-bond acceptors (Lipinski definition) is 7. The lowest BCUT2D eigenvalue weighted by Crippen LogP contribution is -2.24. The molecule has 0 bridgehead atoms. The number of nitrogen functional groups attached to an aromatic ring is 1. The van der Waals surface area contributed by atoms with E-state index in [2.05, 4.69) is 15.1 Å². The first-order valence-electron chi connectivity index (χ1n) is 10.8. The molecule has 188 valence electrons. The van der Waals surface area contributed by atoms with Gasteiger partial charge in [0.15, 0.2) is 17.3 Å². The van der Waals surface area contributed by atoms with Gasteiger partial charge in [-0.1, -0.05) is 30.4 Å². The van der Waals surface area contributed by atoms with Crippen molar-refractivity contribution in [3.8, 4) is 17.3 Å². The second kappa shape index (κ2) is 10.1. The molecule has 0 aliphatic heterocycles. The van der Waals surface area contributed by atoms with E-state index < -0.39 is 17.3 Å². The number of anilines is 1. The van der Waals surface area contributed by atoms with E-state index >= 15 is 0 Å².